The molecule has 1 unspecified atom stereocenters. The zero-order chi connectivity index (χ0) is 17.4. The highest BCUT2D eigenvalue weighted by Gasteiger charge is 2.19. The highest BCUT2D eigenvalue weighted by atomic mass is 19.1. The number of urea groups is 1. The summed E-state index contributed by atoms with van der Waals surface area (Å²) in [5.41, 5.74) is 0.531. The third-order valence-electron chi connectivity index (χ3n) is 4.35. The number of hydrogen-bond acceptors (Lipinski definition) is 2. The molecule has 0 saturated carbocycles. The van der Waals surface area contributed by atoms with Crippen LogP contribution in [-0.2, 0) is 0 Å². The maximum atomic E-state index is 13.8. The van der Waals surface area contributed by atoms with E-state index < -0.39 is 0 Å². The van der Waals surface area contributed by atoms with Crippen LogP contribution in [0.1, 0.15) is 45.2 Å². The monoisotopic (exact) mass is 323 g/mol. The standard InChI is InChI=1S/C18H30FN3O/c1-14(2)21(4)13-9-8-12-20-18(23)22(5)15(3)16-10-6-7-11-17(16)19/h6-7,10-11,14-15H,8-9,12-13H2,1-5H3,(H,20,23). The van der Waals surface area contributed by atoms with Crippen LogP contribution in [0.2, 0.25) is 0 Å². The molecule has 1 aromatic carbocycles. The third kappa shape index (κ3) is 6.18. The molecule has 1 rings (SSSR count). The summed E-state index contributed by atoms with van der Waals surface area (Å²) in [6, 6.07) is 6.64. The Bertz CT molecular complexity index is 493. The lowest BCUT2D eigenvalue weighted by Crippen LogP contribution is -2.39. The number of carbonyl (C=O) groups excluding carboxylic acids is 1. The van der Waals surface area contributed by atoms with Gasteiger partial charge in [0, 0.05) is 25.2 Å². The molecule has 0 saturated heterocycles. The molecule has 2 amide bonds. The lowest BCUT2D eigenvalue weighted by molar-refractivity contribution is 0.193. The molecule has 0 aliphatic carbocycles. The fourth-order valence-electron chi connectivity index (χ4n) is 2.26. The van der Waals surface area contributed by atoms with Crippen LogP contribution in [0.25, 0.3) is 0 Å². The first-order chi connectivity index (χ1) is 10.8. The molecular weight excluding hydrogens is 293 g/mol. The Labute approximate surface area is 139 Å². The van der Waals surface area contributed by atoms with Crippen molar-refractivity contribution < 1.29 is 9.18 Å². The zero-order valence-corrected chi connectivity index (χ0v) is 15.0. The molecule has 1 atom stereocenters. The molecule has 0 bridgehead atoms. The van der Waals surface area contributed by atoms with E-state index in [1.165, 1.54) is 6.07 Å². The van der Waals surface area contributed by atoms with E-state index in [-0.39, 0.29) is 17.9 Å². The van der Waals surface area contributed by atoms with E-state index >= 15 is 0 Å². The molecule has 0 aliphatic rings. The van der Waals surface area contributed by atoms with Crippen molar-refractivity contribution in [2.24, 2.45) is 0 Å². The smallest absolute Gasteiger partial charge is 0.317 e. The van der Waals surface area contributed by atoms with Gasteiger partial charge >= 0.3 is 6.03 Å². The Morgan fingerprint density at radius 1 is 1.17 bits per heavy atom. The molecule has 23 heavy (non-hydrogen) atoms. The van der Waals surface area contributed by atoms with Gasteiger partial charge in [0.25, 0.3) is 0 Å². The van der Waals surface area contributed by atoms with Crippen LogP contribution in [-0.4, -0.2) is 49.1 Å². The van der Waals surface area contributed by atoms with Gasteiger partial charge < -0.3 is 15.1 Å². The largest absolute Gasteiger partial charge is 0.338 e. The Balaban J connectivity index is 2.36. The molecular formula is C18H30FN3O. The quantitative estimate of drug-likeness (QED) is 0.741. The van der Waals surface area contributed by atoms with Gasteiger partial charge in [-0.25, -0.2) is 9.18 Å². The summed E-state index contributed by atoms with van der Waals surface area (Å²) in [6.45, 7) is 7.82. The van der Waals surface area contributed by atoms with Crippen LogP contribution in [0.4, 0.5) is 9.18 Å². The average Bonchev–Trinajstić information content (AvgIpc) is 2.53. The minimum atomic E-state index is -0.303. The van der Waals surface area contributed by atoms with Crippen molar-refractivity contribution in [3.8, 4) is 0 Å². The summed E-state index contributed by atoms with van der Waals surface area (Å²) in [7, 11) is 3.80. The van der Waals surface area contributed by atoms with Crippen molar-refractivity contribution in [3.63, 3.8) is 0 Å². The number of carbonyl (C=O) groups is 1. The van der Waals surface area contributed by atoms with Crippen LogP contribution in [0.5, 0.6) is 0 Å². The number of nitrogens with zero attached hydrogens (tertiary/aromatic N) is 2. The second-order valence-electron chi connectivity index (χ2n) is 6.32. The minimum Gasteiger partial charge on any atom is -0.338 e. The maximum Gasteiger partial charge on any atom is 0.317 e. The van der Waals surface area contributed by atoms with Crippen molar-refractivity contribution in [2.75, 3.05) is 27.2 Å². The number of benzene rings is 1. The van der Waals surface area contributed by atoms with E-state index in [4.69, 9.17) is 0 Å². The van der Waals surface area contributed by atoms with E-state index in [1.807, 2.05) is 6.92 Å². The van der Waals surface area contributed by atoms with E-state index in [0.717, 1.165) is 19.4 Å². The maximum absolute atomic E-state index is 13.8. The first kappa shape index (κ1) is 19.4. The molecule has 5 heteroatoms. The molecule has 1 aromatic rings. The second kappa shape index (κ2) is 9.50. The molecule has 0 radical (unpaired) electrons. The van der Waals surface area contributed by atoms with Crippen LogP contribution in [0, 0.1) is 5.82 Å². The van der Waals surface area contributed by atoms with Crippen molar-refractivity contribution in [3.05, 3.63) is 35.6 Å². The van der Waals surface area contributed by atoms with Crippen molar-refractivity contribution in [1.82, 2.24) is 15.1 Å². The Morgan fingerprint density at radius 2 is 1.83 bits per heavy atom. The van der Waals surface area contributed by atoms with Crippen molar-refractivity contribution in [2.45, 2.75) is 45.7 Å². The van der Waals surface area contributed by atoms with Gasteiger partial charge in [0.05, 0.1) is 6.04 Å². The van der Waals surface area contributed by atoms with Gasteiger partial charge in [0.1, 0.15) is 5.82 Å². The van der Waals surface area contributed by atoms with Gasteiger partial charge in [-0.2, -0.15) is 0 Å². The normalized spacial score (nSPS) is 12.5. The summed E-state index contributed by atoms with van der Waals surface area (Å²) in [6.07, 6.45) is 1.98. The predicted molar refractivity (Wildman–Crippen MR) is 93.0 cm³/mol. The highest BCUT2D eigenvalue weighted by molar-refractivity contribution is 5.74. The lowest BCUT2D eigenvalue weighted by atomic mass is 10.1. The first-order valence-electron chi connectivity index (χ1n) is 8.30. The van der Waals surface area contributed by atoms with Crippen LogP contribution < -0.4 is 5.32 Å². The highest BCUT2D eigenvalue weighted by Crippen LogP contribution is 2.21. The Hall–Kier alpha value is -1.62. The van der Waals surface area contributed by atoms with Crippen molar-refractivity contribution >= 4 is 6.03 Å². The van der Waals surface area contributed by atoms with E-state index in [1.54, 1.807) is 30.1 Å². The fourth-order valence-corrected chi connectivity index (χ4v) is 2.26. The Morgan fingerprint density at radius 3 is 2.43 bits per heavy atom. The average molecular weight is 323 g/mol. The van der Waals surface area contributed by atoms with Gasteiger partial charge in [0.15, 0.2) is 0 Å². The van der Waals surface area contributed by atoms with Gasteiger partial charge in [-0.05, 0) is 53.3 Å². The lowest BCUT2D eigenvalue weighted by Gasteiger charge is -2.26. The molecule has 0 spiro atoms. The summed E-state index contributed by atoms with van der Waals surface area (Å²) in [4.78, 5) is 16.0. The molecule has 0 aliphatic heterocycles. The van der Waals surface area contributed by atoms with Gasteiger partial charge in [0.2, 0.25) is 0 Å². The molecule has 4 nitrogen and oxygen atoms in total. The second-order valence-corrected chi connectivity index (χ2v) is 6.32. The summed E-state index contributed by atoms with van der Waals surface area (Å²) in [5, 5.41) is 2.90. The first-order valence-corrected chi connectivity index (χ1v) is 8.30. The number of halogens is 1. The van der Waals surface area contributed by atoms with E-state index in [9.17, 15) is 9.18 Å². The zero-order valence-electron chi connectivity index (χ0n) is 15.0. The van der Waals surface area contributed by atoms with E-state index in [0.29, 0.717) is 18.2 Å². The third-order valence-corrected chi connectivity index (χ3v) is 4.35. The van der Waals surface area contributed by atoms with Crippen molar-refractivity contribution in [1.29, 1.82) is 0 Å². The van der Waals surface area contributed by atoms with Gasteiger partial charge in [-0.3, -0.25) is 0 Å². The van der Waals surface area contributed by atoms with Crippen LogP contribution in [0.15, 0.2) is 24.3 Å². The molecule has 0 fully saturated rings. The van der Waals surface area contributed by atoms with Gasteiger partial charge in [-0.1, -0.05) is 18.2 Å². The number of hydrogen-bond donors (Lipinski definition) is 1. The van der Waals surface area contributed by atoms with Crippen LogP contribution in [0.3, 0.4) is 0 Å². The molecule has 130 valence electrons. The number of unbranched alkanes of at least 4 members (excludes halogenated alkanes) is 1. The van der Waals surface area contributed by atoms with E-state index in [2.05, 4.69) is 31.1 Å². The number of nitrogens with one attached hydrogen (secondary N) is 1. The molecule has 0 heterocycles. The SMILES string of the molecule is CC(C)N(C)CCCCNC(=O)N(C)C(C)c1ccccc1F. The Kier molecular flexibility index (Phi) is 8.03. The predicted octanol–water partition coefficient (Wildman–Crippen LogP) is 3.65. The number of rotatable bonds is 8. The molecule has 0 aromatic heterocycles. The topological polar surface area (TPSA) is 35.6 Å². The summed E-state index contributed by atoms with van der Waals surface area (Å²) in [5.74, 6) is -0.281. The number of amides is 2. The minimum absolute atomic E-state index is 0.169. The summed E-state index contributed by atoms with van der Waals surface area (Å²) >= 11 is 0. The van der Waals surface area contributed by atoms with Gasteiger partial charge in [-0.15, -0.1) is 0 Å². The molecule has 1 N–H and O–H groups in total. The summed E-state index contributed by atoms with van der Waals surface area (Å²) < 4.78 is 13.8. The fraction of sp³-hybridized carbons (Fsp3) is 0.611. The van der Waals surface area contributed by atoms with Crippen LogP contribution >= 0.6 is 0 Å².